The first-order valence-electron chi connectivity index (χ1n) is 6.73. The van der Waals surface area contributed by atoms with Crippen LogP contribution in [0, 0.1) is 0 Å². The van der Waals surface area contributed by atoms with Crippen LogP contribution in [0.3, 0.4) is 0 Å². The van der Waals surface area contributed by atoms with E-state index in [0.29, 0.717) is 11.7 Å². The monoisotopic (exact) mass is 255 g/mol. The Morgan fingerprint density at radius 2 is 1.95 bits per heavy atom. The number of nitrogens with one attached hydrogen (secondary N) is 1. The molecule has 0 atom stereocenters. The van der Waals surface area contributed by atoms with Crippen molar-refractivity contribution in [2.45, 2.75) is 31.7 Å². The summed E-state index contributed by atoms with van der Waals surface area (Å²) in [4.78, 5) is 16.4. The van der Waals surface area contributed by atoms with Gasteiger partial charge in [0.25, 0.3) is 5.91 Å². The number of amides is 1. The molecule has 1 saturated carbocycles. The van der Waals surface area contributed by atoms with Crippen molar-refractivity contribution in [3.8, 4) is 5.69 Å². The Morgan fingerprint density at radius 3 is 2.68 bits per heavy atom. The van der Waals surface area contributed by atoms with Crippen molar-refractivity contribution in [2.24, 2.45) is 0 Å². The van der Waals surface area contributed by atoms with Gasteiger partial charge in [0.05, 0.1) is 12.5 Å². The molecule has 1 N–H and O–H groups in total. The Balaban J connectivity index is 1.81. The minimum atomic E-state index is -0.0340. The third kappa shape index (κ3) is 2.52. The second-order valence-electron chi connectivity index (χ2n) is 4.94. The lowest BCUT2D eigenvalue weighted by molar-refractivity contribution is 0.0931. The van der Waals surface area contributed by atoms with Gasteiger partial charge in [0.2, 0.25) is 0 Å². The quantitative estimate of drug-likeness (QED) is 0.916. The maximum Gasteiger partial charge on any atom is 0.270 e. The molecule has 98 valence electrons. The number of aromatic nitrogens is 2. The highest BCUT2D eigenvalue weighted by molar-refractivity contribution is 5.93. The first-order valence-corrected chi connectivity index (χ1v) is 6.73. The molecule has 1 heterocycles. The van der Waals surface area contributed by atoms with Crippen LogP contribution in [-0.4, -0.2) is 21.5 Å². The van der Waals surface area contributed by atoms with E-state index in [1.807, 2.05) is 34.9 Å². The number of hydrogen-bond donors (Lipinski definition) is 1. The Kier molecular flexibility index (Phi) is 3.31. The molecule has 1 aromatic heterocycles. The fraction of sp³-hybridized carbons (Fsp3) is 0.333. The third-order valence-corrected chi connectivity index (χ3v) is 3.60. The van der Waals surface area contributed by atoms with E-state index in [1.165, 1.54) is 12.8 Å². The molecule has 4 nitrogen and oxygen atoms in total. The summed E-state index contributed by atoms with van der Waals surface area (Å²) >= 11 is 0. The van der Waals surface area contributed by atoms with E-state index in [9.17, 15) is 4.79 Å². The maximum absolute atomic E-state index is 12.3. The summed E-state index contributed by atoms with van der Waals surface area (Å²) in [7, 11) is 0. The SMILES string of the molecule is O=C(NC1CCCC1)c1cncn1-c1ccccc1. The van der Waals surface area contributed by atoms with Crippen molar-refractivity contribution in [1.29, 1.82) is 0 Å². The second kappa shape index (κ2) is 5.26. The fourth-order valence-electron chi connectivity index (χ4n) is 2.59. The van der Waals surface area contributed by atoms with Crippen LogP contribution in [-0.2, 0) is 0 Å². The minimum absolute atomic E-state index is 0.0340. The lowest BCUT2D eigenvalue weighted by atomic mass is 10.2. The van der Waals surface area contributed by atoms with Gasteiger partial charge in [-0.25, -0.2) is 4.98 Å². The molecule has 19 heavy (non-hydrogen) atoms. The van der Waals surface area contributed by atoms with E-state index in [-0.39, 0.29) is 5.91 Å². The molecule has 4 heteroatoms. The van der Waals surface area contributed by atoms with Crippen molar-refractivity contribution >= 4 is 5.91 Å². The van der Waals surface area contributed by atoms with Crippen molar-refractivity contribution in [3.05, 3.63) is 48.5 Å². The van der Waals surface area contributed by atoms with Crippen molar-refractivity contribution < 1.29 is 4.79 Å². The van der Waals surface area contributed by atoms with Crippen molar-refractivity contribution in [3.63, 3.8) is 0 Å². The van der Waals surface area contributed by atoms with Crippen molar-refractivity contribution in [2.75, 3.05) is 0 Å². The van der Waals surface area contributed by atoms with Crippen LogP contribution in [0.1, 0.15) is 36.2 Å². The van der Waals surface area contributed by atoms with Gasteiger partial charge in [-0.15, -0.1) is 0 Å². The van der Waals surface area contributed by atoms with E-state index in [4.69, 9.17) is 0 Å². The van der Waals surface area contributed by atoms with E-state index in [1.54, 1.807) is 12.5 Å². The molecule has 2 aromatic rings. The van der Waals surface area contributed by atoms with Gasteiger partial charge < -0.3 is 5.32 Å². The number of rotatable bonds is 3. The summed E-state index contributed by atoms with van der Waals surface area (Å²) in [6.45, 7) is 0. The molecule has 3 rings (SSSR count). The zero-order chi connectivity index (χ0) is 13.1. The van der Waals surface area contributed by atoms with Crippen LogP contribution in [0.2, 0.25) is 0 Å². The molecule has 1 aliphatic carbocycles. The smallest absolute Gasteiger partial charge is 0.270 e. The average Bonchev–Trinajstić information content (AvgIpc) is 3.10. The van der Waals surface area contributed by atoms with Gasteiger partial charge in [-0.05, 0) is 25.0 Å². The van der Waals surface area contributed by atoms with E-state index in [0.717, 1.165) is 18.5 Å². The highest BCUT2D eigenvalue weighted by Crippen LogP contribution is 2.18. The second-order valence-corrected chi connectivity index (χ2v) is 4.94. The number of carbonyl (C=O) groups is 1. The summed E-state index contributed by atoms with van der Waals surface area (Å²) in [6.07, 6.45) is 7.90. The zero-order valence-corrected chi connectivity index (χ0v) is 10.7. The number of hydrogen-bond acceptors (Lipinski definition) is 2. The highest BCUT2D eigenvalue weighted by atomic mass is 16.2. The topological polar surface area (TPSA) is 46.9 Å². The largest absolute Gasteiger partial charge is 0.348 e. The molecule has 1 aromatic carbocycles. The molecule has 0 bridgehead atoms. The maximum atomic E-state index is 12.3. The number of benzene rings is 1. The lowest BCUT2D eigenvalue weighted by Crippen LogP contribution is -2.33. The third-order valence-electron chi connectivity index (χ3n) is 3.60. The van der Waals surface area contributed by atoms with Gasteiger partial charge in [-0.1, -0.05) is 31.0 Å². The highest BCUT2D eigenvalue weighted by Gasteiger charge is 2.20. The molecular weight excluding hydrogens is 238 g/mol. The van der Waals surface area contributed by atoms with E-state index >= 15 is 0 Å². The summed E-state index contributed by atoms with van der Waals surface area (Å²) in [5.74, 6) is -0.0340. The van der Waals surface area contributed by atoms with Gasteiger partial charge >= 0.3 is 0 Å². The first-order chi connectivity index (χ1) is 9.34. The molecule has 0 radical (unpaired) electrons. The molecule has 1 amide bonds. The van der Waals surface area contributed by atoms with Gasteiger partial charge in [-0.2, -0.15) is 0 Å². The fourth-order valence-corrected chi connectivity index (χ4v) is 2.59. The molecule has 0 unspecified atom stereocenters. The standard InChI is InChI=1S/C15H17N3O/c19-15(17-12-6-4-5-7-12)14-10-16-11-18(14)13-8-2-1-3-9-13/h1-3,8-12H,4-7H2,(H,17,19). The number of para-hydroxylation sites is 1. The molecule has 0 spiro atoms. The Labute approximate surface area is 112 Å². The van der Waals surface area contributed by atoms with Gasteiger partial charge in [0.1, 0.15) is 5.69 Å². The van der Waals surface area contributed by atoms with Gasteiger partial charge in [0, 0.05) is 11.7 Å². The van der Waals surface area contributed by atoms with Crippen LogP contribution in [0.15, 0.2) is 42.9 Å². The summed E-state index contributed by atoms with van der Waals surface area (Å²) < 4.78 is 1.82. The van der Waals surface area contributed by atoms with Gasteiger partial charge in [0.15, 0.2) is 0 Å². The summed E-state index contributed by atoms with van der Waals surface area (Å²) in [5, 5.41) is 3.09. The average molecular weight is 255 g/mol. The van der Waals surface area contributed by atoms with Crippen LogP contribution < -0.4 is 5.32 Å². The normalized spacial score (nSPS) is 15.6. The lowest BCUT2D eigenvalue weighted by Gasteiger charge is -2.13. The Hall–Kier alpha value is -2.10. The van der Waals surface area contributed by atoms with Crippen LogP contribution in [0.4, 0.5) is 0 Å². The van der Waals surface area contributed by atoms with Crippen molar-refractivity contribution in [1.82, 2.24) is 14.9 Å². The van der Waals surface area contributed by atoms with Gasteiger partial charge in [-0.3, -0.25) is 9.36 Å². The first kappa shape index (κ1) is 12.0. The molecular formula is C15H17N3O. The Bertz CT molecular complexity index is 556. The molecule has 1 aliphatic rings. The summed E-state index contributed by atoms with van der Waals surface area (Å²) in [6, 6.07) is 10.1. The van der Waals surface area contributed by atoms with Crippen LogP contribution in [0.25, 0.3) is 5.69 Å². The molecule has 0 aliphatic heterocycles. The Morgan fingerprint density at radius 1 is 1.21 bits per heavy atom. The summed E-state index contributed by atoms with van der Waals surface area (Å²) in [5.41, 5.74) is 1.55. The molecule has 1 fully saturated rings. The predicted molar refractivity (Wildman–Crippen MR) is 73.3 cm³/mol. The van der Waals surface area contributed by atoms with Crippen LogP contribution >= 0.6 is 0 Å². The number of carbonyl (C=O) groups excluding carboxylic acids is 1. The van der Waals surface area contributed by atoms with E-state index in [2.05, 4.69) is 10.3 Å². The van der Waals surface area contributed by atoms with Crippen LogP contribution in [0.5, 0.6) is 0 Å². The zero-order valence-electron chi connectivity index (χ0n) is 10.7. The van der Waals surface area contributed by atoms with E-state index < -0.39 is 0 Å². The number of imidazole rings is 1. The molecule has 0 saturated heterocycles. The predicted octanol–water partition coefficient (Wildman–Crippen LogP) is 2.54. The number of nitrogens with zero attached hydrogens (tertiary/aromatic N) is 2. The minimum Gasteiger partial charge on any atom is -0.348 e.